The number of aromatic nitrogens is 2. The topological polar surface area (TPSA) is 104 Å². The first kappa shape index (κ1) is 14.8. The van der Waals surface area contributed by atoms with Gasteiger partial charge in [0.05, 0.1) is 12.2 Å². The number of carbonyl (C=O) groups excluding carboxylic acids is 2. The fourth-order valence-electron chi connectivity index (χ4n) is 2.29. The van der Waals surface area contributed by atoms with E-state index in [1.54, 1.807) is 23.1 Å². The van der Waals surface area contributed by atoms with Gasteiger partial charge < -0.3 is 15.0 Å². The number of ether oxygens (including phenoxy) is 1. The Balaban J connectivity index is 1.82. The van der Waals surface area contributed by atoms with Crippen LogP contribution in [0.2, 0.25) is 0 Å². The summed E-state index contributed by atoms with van der Waals surface area (Å²) in [6, 6.07) is 7.59. The minimum absolute atomic E-state index is 0.0659. The predicted octanol–water partition coefficient (Wildman–Crippen LogP) is 0.767. The SMILES string of the molecule is CC(=O)N1CCOc2cc(NC(=O)c3ccc(=O)[nH]n3)ccc21. The number of anilines is 2. The van der Waals surface area contributed by atoms with Crippen molar-refractivity contribution in [3.05, 3.63) is 46.4 Å². The van der Waals surface area contributed by atoms with Crippen LogP contribution in [-0.2, 0) is 4.79 Å². The summed E-state index contributed by atoms with van der Waals surface area (Å²) < 4.78 is 5.54. The summed E-state index contributed by atoms with van der Waals surface area (Å²) in [6.45, 7) is 2.38. The van der Waals surface area contributed by atoms with Gasteiger partial charge >= 0.3 is 0 Å². The first-order valence-corrected chi connectivity index (χ1v) is 6.96. The summed E-state index contributed by atoms with van der Waals surface area (Å²) >= 11 is 0. The van der Waals surface area contributed by atoms with Gasteiger partial charge in [0.2, 0.25) is 5.91 Å². The van der Waals surface area contributed by atoms with Crippen LogP contribution in [0.1, 0.15) is 17.4 Å². The van der Waals surface area contributed by atoms with Gasteiger partial charge in [0.25, 0.3) is 11.5 Å². The Bertz CT molecular complexity index is 810. The van der Waals surface area contributed by atoms with Gasteiger partial charge in [-0.05, 0) is 18.2 Å². The molecule has 8 heteroatoms. The Hall–Kier alpha value is -3.16. The van der Waals surface area contributed by atoms with Crippen molar-refractivity contribution in [2.75, 3.05) is 23.4 Å². The molecule has 2 aromatic rings. The molecule has 0 unspecified atom stereocenters. The van der Waals surface area contributed by atoms with Crippen LogP contribution in [0.3, 0.4) is 0 Å². The summed E-state index contributed by atoms with van der Waals surface area (Å²) in [5.74, 6) is 0.00267. The molecule has 1 aliphatic rings. The average Bonchev–Trinajstić information content (AvgIpc) is 2.54. The number of hydrogen-bond donors (Lipinski definition) is 2. The lowest BCUT2D eigenvalue weighted by Crippen LogP contribution is -2.36. The van der Waals surface area contributed by atoms with E-state index in [1.165, 1.54) is 19.1 Å². The number of carbonyl (C=O) groups is 2. The van der Waals surface area contributed by atoms with Gasteiger partial charge in [-0.1, -0.05) is 0 Å². The molecule has 0 saturated carbocycles. The summed E-state index contributed by atoms with van der Waals surface area (Å²) in [5.41, 5.74) is 0.887. The van der Waals surface area contributed by atoms with Gasteiger partial charge in [-0.25, -0.2) is 5.10 Å². The zero-order chi connectivity index (χ0) is 16.4. The number of H-pyrrole nitrogens is 1. The van der Waals surface area contributed by atoms with Crippen LogP contribution >= 0.6 is 0 Å². The van der Waals surface area contributed by atoms with Gasteiger partial charge in [-0.2, -0.15) is 5.10 Å². The van der Waals surface area contributed by atoms with E-state index < -0.39 is 5.91 Å². The lowest BCUT2D eigenvalue weighted by atomic mass is 10.2. The maximum Gasteiger partial charge on any atom is 0.276 e. The molecule has 0 spiro atoms. The van der Waals surface area contributed by atoms with Crippen molar-refractivity contribution < 1.29 is 14.3 Å². The molecule has 1 aromatic carbocycles. The molecule has 0 saturated heterocycles. The van der Waals surface area contributed by atoms with Crippen LogP contribution in [0.4, 0.5) is 11.4 Å². The van der Waals surface area contributed by atoms with Crippen molar-refractivity contribution in [3.63, 3.8) is 0 Å². The minimum atomic E-state index is -0.458. The third-order valence-corrected chi connectivity index (χ3v) is 3.37. The zero-order valence-corrected chi connectivity index (χ0v) is 12.3. The maximum atomic E-state index is 12.1. The number of rotatable bonds is 2. The molecule has 0 bridgehead atoms. The molecule has 0 radical (unpaired) electrons. The molecular weight excluding hydrogens is 300 g/mol. The quantitative estimate of drug-likeness (QED) is 0.852. The Morgan fingerprint density at radius 3 is 2.83 bits per heavy atom. The molecule has 0 aliphatic carbocycles. The zero-order valence-electron chi connectivity index (χ0n) is 12.3. The van der Waals surface area contributed by atoms with Crippen LogP contribution in [0.15, 0.2) is 35.1 Å². The largest absolute Gasteiger partial charge is 0.489 e. The molecule has 1 aliphatic heterocycles. The molecule has 2 heterocycles. The van der Waals surface area contributed by atoms with E-state index in [-0.39, 0.29) is 17.2 Å². The molecule has 118 valence electrons. The van der Waals surface area contributed by atoms with Crippen LogP contribution in [0.25, 0.3) is 0 Å². The first-order valence-electron chi connectivity index (χ1n) is 6.96. The molecular formula is C15H14N4O4. The molecule has 8 nitrogen and oxygen atoms in total. The third-order valence-electron chi connectivity index (χ3n) is 3.37. The van der Waals surface area contributed by atoms with E-state index >= 15 is 0 Å². The van der Waals surface area contributed by atoms with Gasteiger partial charge in [0, 0.05) is 24.7 Å². The van der Waals surface area contributed by atoms with Crippen molar-refractivity contribution in [1.29, 1.82) is 0 Å². The van der Waals surface area contributed by atoms with Crippen molar-refractivity contribution in [2.24, 2.45) is 0 Å². The number of benzene rings is 1. The van der Waals surface area contributed by atoms with Crippen LogP contribution in [0.5, 0.6) is 5.75 Å². The predicted molar refractivity (Wildman–Crippen MR) is 82.8 cm³/mol. The van der Waals surface area contributed by atoms with E-state index in [9.17, 15) is 14.4 Å². The van der Waals surface area contributed by atoms with E-state index in [0.29, 0.717) is 30.3 Å². The molecule has 0 atom stereocenters. The van der Waals surface area contributed by atoms with Crippen molar-refractivity contribution in [3.8, 4) is 5.75 Å². The lowest BCUT2D eigenvalue weighted by Gasteiger charge is -2.28. The minimum Gasteiger partial charge on any atom is -0.489 e. The molecule has 2 amide bonds. The van der Waals surface area contributed by atoms with E-state index in [0.717, 1.165) is 0 Å². The number of fused-ring (bicyclic) bond motifs is 1. The summed E-state index contributed by atoms with van der Waals surface area (Å²) in [6.07, 6.45) is 0. The van der Waals surface area contributed by atoms with Crippen molar-refractivity contribution >= 4 is 23.2 Å². The number of aromatic amines is 1. The average molecular weight is 314 g/mol. The smallest absolute Gasteiger partial charge is 0.276 e. The van der Waals surface area contributed by atoms with Crippen LogP contribution in [0, 0.1) is 0 Å². The van der Waals surface area contributed by atoms with Crippen molar-refractivity contribution in [2.45, 2.75) is 6.92 Å². The lowest BCUT2D eigenvalue weighted by molar-refractivity contribution is -0.116. The van der Waals surface area contributed by atoms with E-state index in [1.807, 2.05) is 0 Å². The van der Waals surface area contributed by atoms with Gasteiger partial charge in [-0.3, -0.25) is 14.4 Å². The fraction of sp³-hybridized carbons (Fsp3) is 0.200. The van der Waals surface area contributed by atoms with Crippen LogP contribution < -0.4 is 20.5 Å². The monoisotopic (exact) mass is 314 g/mol. The second-order valence-corrected chi connectivity index (χ2v) is 4.96. The number of hydrogen-bond acceptors (Lipinski definition) is 5. The highest BCUT2D eigenvalue weighted by molar-refractivity contribution is 6.03. The maximum absolute atomic E-state index is 12.1. The second kappa shape index (κ2) is 5.91. The standard InChI is InChI=1S/C15H14N4O4/c1-9(20)19-6-7-23-13-8-10(2-4-12(13)19)16-15(22)11-3-5-14(21)18-17-11/h2-5,8H,6-7H2,1H3,(H,16,22)(H,18,21). The third kappa shape index (κ3) is 3.05. The van der Waals surface area contributed by atoms with Gasteiger partial charge in [0.1, 0.15) is 18.1 Å². The summed E-state index contributed by atoms with van der Waals surface area (Å²) in [4.78, 5) is 36.2. The Labute approximate surface area is 131 Å². The molecule has 0 fully saturated rings. The Morgan fingerprint density at radius 1 is 1.30 bits per heavy atom. The highest BCUT2D eigenvalue weighted by atomic mass is 16.5. The van der Waals surface area contributed by atoms with E-state index in [2.05, 4.69) is 15.5 Å². The molecule has 1 aromatic heterocycles. The van der Waals surface area contributed by atoms with Crippen LogP contribution in [-0.4, -0.2) is 35.2 Å². The summed E-state index contributed by atoms with van der Waals surface area (Å²) in [5, 5.41) is 8.53. The number of nitrogens with one attached hydrogen (secondary N) is 2. The molecule has 23 heavy (non-hydrogen) atoms. The number of nitrogens with zero attached hydrogens (tertiary/aromatic N) is 2. The highest BCUT2D eigenvalue weighted by Crippen LogP contribution is 2.34. The van der Waals surface area contributed by atoms with Crippen molar-refractivity contribution in [1.82, 2.24) is 10.2 Å². The van der Waals surface area contributed by atoms with Gasteiger partial charge in [-0.15, -0.1) is 0 Å². The summed E-state index contributed by atoms with van der Waals surface area (Å²) in [7, 11) is 0. The molecule has 3 rings (SSSR count). The van der Waals surface area contributed by atoms with E-state index in [4.69, 9.17) is 4.74 Å². The number of amides is 2. The molecule has 2 N–H and O–H groups in total. The fourth-order valence-corrected chi connectivity index (χ4v) is 2.29. The Morgan fingerprint density at radius 2 is 2.13 bits per heavy atom. The normalized spacial score (nSPS) is 13.0. The second-order valence-electron chi connectivity index (χ2n) is 4.96. The first-order chi connectivity index (χ1) is 11.0. The Kier molecular flexibility index (Phi) is 3.80. The highest BCUT2D eigenvalue weighted by Gasteiger charge is 2.21. The van der Waals surface area contributed by atoms with Gasteiger partial charge in [0.15, 0.2) is 0 Å².